The maximum absolute atomic E-state index is 12.6. The van der Waals surface area contributed by atoms with Crippen molar-refractivity contribution in [3.05, 3.63) is 59.7 Å². The topological polar surface area (TPSA) is 105 Å². The van der Waals surface area contributed by atoms with E-state index in [0.29, 0.717) is 5.69 Å². The standard InChI is InChI=1S/C22H30N4O3S/c1-22(2,3)20(15-26-13-12-16-6-4-5-7-17(16)14-26)25-21(27)24-18-8-10-19(11-9-18)30(23,28)29/h4-11,20H,12-15H2,1-3H3,(H2,23,28,29)(H2,24,25,27)/t20-/m0/s1. The van der Waals surface area contributed by atoms with Crippen molar-refractivity contribution < 1.29 is 13.2 Å². The Hall–Kier alpha value is -2.42. The molecule has 7 nitrogen and oxygen atoms in total. The maximum Gasteiger partial charge on any atom is 0.319 e. The third-order valence-electron chi connectivity index (χ3n) is 5.44. The van der Waals surface area contributed by atoms with E-state index in [1.165, 1.54) is 35.4 Å². The van der Waals surface area contributed by atoms with E-state index in [1.54, 1.807) is 0 Å². The van der Waals surface area contributed by atoms with Gasteiger partial charge in [0, 0.05) is 31.4 Å². The summed E-state index contributed by atoms with van der Waals surface area (Å²) in [7, 11) is -3.76. The van der Waals surface area contributed by atoms with Crippen LogP contribution in [0.2, 0.25) is 0 Å². The Bertz CT molecular complexity index is 998. The smallest absolute Gasteiger partial charge is 0.319 e. The van der Waals surface area contributed by atoms with Crippen molar-refractivity contribution in [3.8, 4) is 0 Å². The maximum atomic E-state index is 12.6. The van der Waals surface area contributed by atoms with Gasteiger partial charge in [0.2, 0.25) is 10.0 Å². The van der Waals surface area contributed by atoms with Gasteiger partial charge in [-0.2, -0.15) is 0 Å². The van der Waals surface area contributed by atoms with Gasteiger partial charge in [-0.1, -0.05) is 45.0 Å². The van der Waals surface area contributed by atoms with Crippen LogP contribution in [0.25, 0.3) is 0 Å². The van der Waals surface area contributed by atoms with Crippen LogP contribution in [0.15, 0.2) is 53.4 Å². The Kier molecular flexibility index (Phi) is 6.50. The van der Waals surface area contributed by atoms with Gasteiger partial charge < -0.3 is 10.6 Å². The predicted molar refractivity (Wildman–Crippen MR) is 119 cm³/mol. The number of hydrogen-bond acceptors (Lipinski definition) is 4. The van der Waals surface area contributed by atoms with Crippen molar-refractivity contribution in [2.75, 3.05) is 18.4 Å². The number of carbonyl (C=O) groups is 1. The SMILES string of the molecule is CC(C)(C)[C@H](CN1CCc2ccccc2C1)NC(=O)Nc1ccc(S(N)(=O)=O)cc1. The molecule has 0 radical (unpaired) electrons. The van der Waals surface area contributed by atoms with E-state index in [2.05, 4.69) is 60.6 Å². The average Bonchev–Trinajstić information content (AvgIpc) is 2.66. The van der Waals surface area contributed by atoms with Gasteiger partial charge in [0.05, 0.1) is 4.90 Å². The highest BCUT2D eigenvalue weighted by Gasteiger charge is 2.29. The summed E-state index contributed by atoms with van der Waals surface area (Å²) in [5.74, 6) is 0. The summed E-state index contributed by atoms with van der Waals surface area (Å²) >= 11 is 0. The number of carbonyl (C=O) groups excluding carboxylic acids is 1. The van der Waals surface area contributed by atoms with Crippen LogP contribution in [0.1, 0.15) is 31.9 Å². The first-order valence-electron chi connectivity index (χ1n) is 10.0. The second-order valence-corrected chi connectivity index (χ2v) is 10.4. The Labute approximate surface area is 178 Å². The number of nitrogens with two attached hydrogens (primary N) is 1. The number of nitrogens with zero attached hydrogens (tertiary/aromatic N) is 1. The van der Waals surface area contributed by atoms with Gasteiger partial charge in [-0.05, 0) is 47.2 Å². The van der Waals surface area contributed by atoms with Crippen LogP contribution in [0, 0.1) is 5.41 Å². The number of nitrogens with one attached hydrogen (secondary N) is 2. The van der Waals surface area contributed by atoms with E-state index in [1.807, 2.05) is 0 Å². The molecular formula is C22H30N4O3S. The minimum Gasteiger partial charge on any atom is -0.333 e. The lowest BCUT2D eigenvalue weighted by molar-refractivity contribution is 0.164. The molecule has 0 aliphatic carbocycles. The Morgan fingerprint density at radius 2 is 1.73 bits per heavy atom. The molecule has 1 aliphatic heterocycles. The molecule has 4 N–H and O–H groups in total. The summed E-state index contributed by atoms with van der Waals surface area (Å²) in [6.07, 6.45) is 1.01. The first-order chi connectivity index (χ1) is 14.0. The van der Waals surface area contributed by atoms with E-state index in [-0.39, 0.29) is 22.4 Å². The third-order valence-corrected chi connectivity index (χ3v) is 6.37. The second kappa shape index (κ2) is 8.75. The molecule has 30 heavy (non-hydrogen) atoms. The van der Waals surface area contributed by atoms with Crippen LogP contribution in [-0.4, -0.2) is 38.5 Å². The molecule has 3 rings (SSSR count). The Morgan fingerprint density at radius 3 is 2.33 bits per heavy atom. The number of sulfonamides is 1. The van der Waals surface area contributed by atoms with Crippen LogP contribution in [0.4, 0.5) is 10.5 Å². The van der Waals surface area contributed by atoms with Crippen LogP contribution in [-0.2, 0) is 23.0 Å². The van der Waals surface area contributed by atoms with Crippen molar-refractivity contribution in [2.45, 2.75) is 44.7 Å². The van der Waals surface area contributed by atoms with Gasteiger partial charge in [0.15, 0.2) is 0 Å². The molecule has 0 saturated carbocycles. The van der Waals surface area contributed by atoms with Crippen molar-refractivity contribution >= 4 is 21.7 Å². The lowest BCUT2D eigenvalue weighted by Crippen LogP contribution is -2.52. The summed E-state index contributed by atoms with van der Waals surface area (Å²) in [6, 6.07) is 13.9. The zero-order valence-corrected chi connectivity index (χ0v) is 18.5. The van der Waals surface area contributed by atoms with E-state index in [4.69, 9.17) is 5.14 Å². The molecule has 0 unspecified atom stereocenters. The number of amides is 2. The summed E-state index contributed by atoms with van der Waals surface area (Å²) in [5, 5.41) is 11.0. The lowest BCUT2D eigenvalue weighted by Gasteiger charge is -2.37. The fourth-order valence-electron chi connectivity index (χ4n) is 3.56. The molecule has 1 atom stereocenters. The van der Waals surface area contributed by atoms with Crippen molar-refractivity contribution in [1.29, 1.82) is 0 Å². The second-order valence-electron chi connectivity index (χ2n) is 8.84. The quantitative estimate of drug-likeness (QED) is 0.678. The number of benzene rings is 2. The zero-order chi connectivity index (χ0) is 21.9. The molecule has 2 aromatic rings. The van der Waals surface area contributed by atoms with Gasteiger partial charge in [-0.3, -0.25) is 4.90 Å². The van der Waals surface area contributed by atoms with Crippen LogP contribution in [0.3, 0.4) is 0 Å². The van der Waals surface area contributed by atoms with Gasteiger partial charge in [0.25, 0.3) is 0 Å². The Morgan fingerprint density at radius 1 is 1.10 bits per heavy atom. The molecule has 0 spiro atoms. The normalized spacial score (nSPS) is 15.9. The first kappa shape index (κ1) is 22.3. The molecule has 1 aliphatic rings. The minimum atomic E-state index is -3.76. The van der Waals surface area contributed by atoms with Gasteiger partial charge in [-0.15, -0.1) is 0 Å². The van der Waals surface area contributed by atoms with E-state index in [9.17, 15) is 13.2 Å². The predicted octanol–water partition coefficient (Wildman–Crippen LogP) is 2.93. The molecule has 0 saturated heterocycles. The Balaban J connectivity index is 1.63. The lowest BCUT2D eigenvalue weighted by atomic mass is 9.86. The zero-order valence-electron chi connectivity index (χ0n) is 17.7. The number of anilines is 1. The fourth-order valence-corrected chi connectivity index (χ4v) is 4.07. The molecule has 0 aromatic heterocycles. The number of hydrogen-bond donors (Lipinski definition) is 3. The monoisotopic (exact) mass is 430 g/mol. The highest BCUT2D eigenvalue weighted by atomic mass is 32.2. The molecule has 0 fully saturated rings. The van der Waals surface area contributed by atoms with E-state index in [0.717, 1.165) is 26.1 Å². The molecule has 162 valence electrons. The molecule has 2 aromatic carbocycles. The van der Waals surface area contributed by atoms with Crippen molar-refractivity contribution in [1.82, 2.24) is 10.2 Å². The molecular weight excluding hydrogens is 400 g/mol. The van der Waals surface area contributed by atoms with Gasteiger partial charge in [0.1, 0.15) is 0 Å². The largest absolute Gasteiger partial charge is 0.333 e. The highest BCUT2D eigenvalue weighted by molar-refractivity contribution is 7.89. The molecule has 1 heterocycles. The number of fused-ring (bicyclic) bond motifs is 1. The van der Waals surface area contributed by atoms with Gasteiger partial charge >= 0.3 is 6.03 Å². The number of primary sulfonamides is 1. The third kappa shape index (κ3) is 5.81. The first-order valence-corrected chi connectivity index (χ1v) is 11.6. The highest BCUT2D eigenvalue weighted by Crippen LogP contribution is 2.24. The average molecular weight is 431 g/mol. The van der Waals surface area contributed by atoms with Crippen LogP contribution < -0.4 is 15.8 Å². The van der Waals surface area contributed by atoms with Crippen LogP contribution >= 0.6 is 0 Å². The van der Waals surface area contributed by atoms with E-state index < -0.39 is 10.0 Å². The van der Waals surface area contributed by atoms with Crippen molar-refractivity contribution in [2.24, 2.45) is 10.6 Å². The van der Waals surface area contributed by atoms with E-state index >= 15 is 0 Å². The molecule has 2 amide bonds. The fraction of sp³-hybridized carbons (Fsp3) is 0.409. The summed E-state index contributed by atoms with van der Waals surface area (Å²) < 4.78 is 22.7. The summed E-state index contributed by atoms with van der Waals surface area (Å²) in [6.45, 7) is 8.91. The summed E-state index contributed by atoms with van der Waals surface area (Å²) in [5.41, 5.74) is 3.11. The molecule has 8 heteroatoms. The molecule has 0 bridgehead atoms. The minimum absolute atomic E-state index is 0.00593. The summed E-state index contributed by atoms with van der Waals surface area (Å²) in [4.78, 5) is 15.0. The van der Waals surface area contributed by atoms with Crippen LogP contribution in [0.5, 0.6) is 0 Å². The van der Waals surface area contributed by atoms with Crippen molar-refractivity contribution in [3.63, 3.8) is 0 Å². The van der Waals surface area contributed by atoms with Gasteiger partial charge in [-0.25, -0.2) is 18.4 Å². The number of urea groups is 1. The number of rotatable bonds is 5.